The number of nitrogens with zero attached hydrogens (tertiary/aromatic N) is 3. The molecule has 48 heavy (non-hydrogen) atoms. The zero-order valence-corrected chi connectivity index (χ0v) is 27.1. The van der Waals surface area contributed by atoms with Gasteiger partial charge in [0.15, 0.2) is 0 Å². The van der Waals surface area contributed by atoms with Crippen molar-refractivity contribution in [2.45, 2.75) is 71.1 Å². The Labute approximate surface area is 277 Å². The topological polar surface area (TPSA) is 119 Å². The molecule has 0 unspecified atom stereocenters. The van der Waals surface area contributed by atoms with Gasteiger partial charge in [-0.2, -0.15) is 0 Å². The lowest BCUT2D eigenvalue weighted by atomic mass is 9.82. The minimum absolute atomic E-state index is 0.131. The van der Waals surface area contributed by atoms with E-state index < -0.39 is 23.8 Å². The lowest BCUT2D eigenvalue weighted by Gasteiger charge is -2.39. The van der Waals surface area contributed by atoms with Crippen LogP contribution in [0.15, 0.2) is 36.4 Å². The SMILES string of the molecule is CC(=O)ON1C(=O)CCC1=O.O=C([O-])c1ccccc1C1=c2cc3c4c(c2Oc2c1cc1c5c2CCCN5CCC1)CCC[N+]=4CCC3. The summed E-state index contributed by atoms with van der Waals surface area (Å²) >= 11 is 0. The zero-order valence-electron chi connectivity index (χ0n) is 27.1. The lowest BCUT2D eigenvalue weighted by Crippen LogP contribution is -2.45. The quantitative estimate of drug-likeness (QED) is 0.245. The van der Waals surface area contributed by atoms with Crippen LogP contribution in [-0.2, 0) is 44.9 Å². The molecular formula is C38H37N3O7. The molecule has 6 aliphatic rings. The number of aromatic carboxylic acids is 1. The first-order valence-corrected chi connectivity index (χ1v) is 17.1. The van der Waals surface area contributed by atoms with Gasteiger partial charge >= 0.3 is 5.97 Å². The number of aryl methyl sites for hydroxylation is 2. The number of carboxylic acids is 1. The summed E-state index contributed by atoms with van der Waals surface area (Å²) in [7, 11) is 0. The van der Waals surface area contributed by atoms with Crippen LogP contribution in [0.4, 0.5) is 5.69 Å². The van der Waals surface area contributed by atoms with Gasteiger partial charge in [-0.05, 0) is 61.8 Å². The molecule has 0 N–H and O–H groups in total. The summed E-state index contributed by atoms with van der Waals surface area (Å²) in [5.74, 6) is -0.798. The second-order valence-corrected chi connectivity index (χ2v) is 13.3. The minimum atomic E-state index is -1.13. The van der Waals surface area contributed by atoms with E-state index in [9.17, 15) is 24.3 Å². The standard InChI is InChI=1S/C32H30N2O3.C6H7NO4/c35-32(36)22-10-2-1-9-21(22)27-25-17-19-7-3-13-33-15-5-11-23(28(19)33)30(25)37-31-24-12-6-16-34-14-4-8-20(29(24)34)18-26(27)31;1-4(8)11-7-5(9)2-3-6(7)10/h1-2,9-10,17-18H,3-8,11-16H2;2-3H2,1H3. The van der Waals surface area contributed by atoms with E-state index in [2.05, 4.69) is 26.4 Å². The molecular weight excluding hydrogens is 610 g/mol. The molecule has 6 aliphatic heterocycles. The Morgan fingerprint density at radius 2 is 1.50 bits per heavy atom. The van der Waals surface area contributed by atoms with Crippen LogP contribution in [0.1, 0.15) is 89.2 Å². The van der Waals surface area contributed by atoms with Gasteiger partial charge in [-0.15, -0.1) is 5.06 Å². The highest BCUT2D eigenvalue weighted by molar-refractivity contribution is 6.01. The van der Waals surface area contributed by atoms with Gasteiger partial charge in [0, 0.05) is 84.4 Å². The van der Waals surface area contributed by atoms with E-state index in [4.69, 9.17) is 4.74 Å². The van der Waals surface area contributed by atoms with Gasteiger partial charge < -0.3 is 24.4 Å². The largest absolute Gasteiger partial charge is 0.545 e. The predicted molar refractivity (Wildman–Crippen MR) is 174 cm³/mol. The van der Waals surface area contributed by atoms with Crippen molar-refractivity contribution in [3.8, 4) is 11.5 Å². The van der Waals surface area contributed by atoms with E-state index in [1.807, 2.05) is 12.1 Å². The van der Waals surface area contributed by atoms with Crippen LogP contribution >= 0.6 is 0 Å². The van der Waals surface area contributed by atoms with Crippen LogP contribution in [0.2, 0.25) is 0 Å². The van der Waals surface area contributed by atoms with E-state index >= 15 is 0 Å². The van der Waals surface area contributed by atoms with Gasteiger partial charge in [0.1, 0.15) is 24.6 Å². The van der Waals surface area contributed by atoms with Crippen LogP contribution in [-0.4, -0.2) is 55.0 Å². The highest BCUT2D eigenvalue weighted by Gasteiger charge is 2.36. The second-order valence-electron chi connectivity index (χ2n) is 13.3. The average Bonchev–Trinajstić information content (AvgIpc) is 3.40. The first-order valence-electron chi connectivity index (χ1n) is 17.1. The van der Waals surface area contributed by atoms with Crippen molar-refractivity contribution in [3.05, 3.63) is 85.9 Å². The lowest BCUT2D eigenvalue weighted by molar-refractivity contribution is -0.255. The van der Waals surface area contributed by atoms with E-state index in [0.29, 0.717) is 5.06 Å². The number of hydrogen-bond donors (Lipinski definition) is 0. The van der Waals surface area contributed by atoms with Crippen molar-refractivity contribution < 1.29 is 33.9 Å². The Bertz CT molecular complexity index is 2040. The van der Waals surface area contributed by atoms with Gasteiger partial charge in [0.2, 0.25) is 5.36 Å². The number of carbonyl (C=O) groups excluding carboxylic acids is 4. The molecule has 3 aromatic rings. The molecule has 0 bridgehead atoms. The maximum absolute atomic E-state index is 12.3. The average molecular weight is 648 g/mol. The third-order valence-electron chi connectivity index (χ3n) is 10.3. The summed E-state index contributed by atoms with van der Waals surface area (Å²) in [4.78, 5) is 51.0. The highest BCUT2D eigenvalue weighted by atomic mass is 16.7. The smallest absolute Gasteiger partial charge is 0.330 e. The number of amides is 2. The molecule has 0 saturated carbocycles. The molecule has 10 heteroatoms. The Morgan fingerprint density at radius 1 is 0.812 bits per heavy atom. The van der Waals surface area contributed by atoms with Crippen LogP contribution < -0.4 is 29.9 Å². The Morgan fingerprint density at radius 3 is 2.25 bits per heavy atom. The van der Waals surface area contributed by atoms with E-state index in [1.54, 1.807) is 12.1 Å². The second kappa shape index (κ2) is 11.9. The van der Waals surface area contributed by atoms with Gasteiger partial charge in [0.25, 0.3) is 11.8 Å². The Hall–Kier alpha value is -4.99. The molecule has 0 aliphatic carbocycles. The van der Waals surface area contributed by atoms with Crippen molar-refractivity contribution in [1.82, 2.24) is 9.64 Å². The van der Waals surface area contributed by atoms with Crippen molar-refractivity contribution >= 4 is 35.0 Å². The number of anilines is 1. The fourth-order valence-electron chi connectivity index (χ4n) is 8.47. The van der Waals surface area contributed by atoms with Crippen molar-refractivity contribution in [1.29, 1.82) is 0 Å². The molecule has 0 aromatic heterocycles. The third kappa shape index (κ3) is 4.96. The van der Waals surface area contributed by atoms with E-state index in [0.717, 1.165) is 118 Å². The summed E-state index contributed by atoms with van der Waals surface area (Å²) < 4.78 is 9.58. The normalized spacial score (nSPS) is 18.5. The number of carboxylic acid groups (broad SMARTS) is 1. The molecule has 6 heterocycles. The monoisotopic (exact) mass is 647 g/mol. The van der Waals surface area contributed by atoms with Gasteiger partial charge in [0.05, 0.1) is 11.5 Å². The van der Waals surface area contributed by atoms with Crippen LogP contribution in [0.5, 0.6) is 11.5 Å². The molecule has 246 valence electrons. The zero-order chi connectivity index (χ0) is 33.1. The molecule has 0 radical (unpaired) electrons. The van der Waals surface area contributed by atoms with Crippen LogP contribution in [0.25, 0.3) is 5.57 Å². The first kappa shape index (κ1) is 30.4. The van der Waals surface area contributed by atoms with Crippen LogP contribution in [0.3, 0.4) is 0 Å². The van der Waals surface area contributed by atoms with Crippen molar-refractivity contribution in [2.24, 2.45) is 0 Å². The number of imide groups is 1. The van der Waals surface area contributed by atoms with Gasteiger partial charge in [-0.25, -0.2) is 9.37 Å². The molecule has 0 spiro atoms. The highest BCUT2D eigenvalue weighted by Crippen LogP contribution is 2.48. The number of benzene rings is 3. The molecule has 10 nitrogen and oxygen atoms in total. The first-order chi connectivity index (χ1) is 23.3. The fraction of sp³-hybridized carbons (Fsp3) is 0.395. The number of fused-ring (bicyclic) bond motifs is 4. The maximum Gasteiger partial charge on any atom is 0.330 e. The number of hydroxylamine groups is 2. The molecule has 9 rings (SSSR count). The molecule has 2 amide bonds. The fourth-order valence-corrected chi connectivity index (χ4v) is 8.47. The van der Waals surface area contributed by atoms with Gasteiger partial charge in [-0.3, -0.25) is 9.59 Å². The number of carbonyl (C=O) groups is 4. The van der Waals surface area contributed by atoms with Crippen molar-refractivity contribution in [3.63, 3.8) is 0 Å². The molecule has 1 saturated heterocycles. The molecule has 3 aromatic carbocycles. The third-order valence-corrected chi connectivity index (χ3v) is 10.3. The summed E-state index contributed by atoms with van der Waals surface area (Å²) in [6.45, 7) is 5.56. The minimum Gasteiger partial charge on any atom is -0.545 e. The predicted octanol–water partition coefficient (Wildman–Crippen LogP) is 2.10. The number of ether oxygens (including phenoxy) is 1. The summed E-state index contributed by atoms with van der Waals surface area (Å²) in [5, 5.41) is 15.3. The van der Waals surface area contributed by atoms with E-state index in [1.165, 1.54) is 33.3 Å². The summed E-state index contributed by atoms with van der Waals surface area (Å²) in [6, 6.07) is 12.0. The Balaban J connectivity index is 0.000000263. The van der Waals surface area contributed by atoms with Gasteiger partial charge in [-0.1, -0.05) is 24.3 Å². The number of hydrogen-bond acceptors (Lipinski definition) is 8. The molecule has 0 atom stereocenters. The summed E-state index contributed by atoms with van der Waals surface area (Å²) in [5.41, 5.74) is 9.78. The maximum atomic E-state index is 12.3. The number of rotatable bonds is 3. The summed E-state index contributed by atoms with van der Waals surface area (Å²) in [6.07, 6.45) is 8.92. The van der Waals surface area contributed by atoms with E-state index in [-0.39, 0.29) is 18.4 Å². The van der Waals surface area contributed by atoms with Crippen LogP contribution in [0, 0.1) is 0 Å². The molecule has 1 fully saturated rings. The Kier molecular flexibility index (Phi) is 7.53. The van der Waals surface area contributed by atoms with Crippen molar-refractivity contribution in [2.75, 3.05) is 31.1 Å².